The zero-order chi connectivity index (χ0) is 53.3. The van der Waals surface area contributed by atoms with E-state index in [1.54, 1.807) is 15.9 Å². The number of carbonyl (C=O) groups excluding carboxylic acids is 3. The van der Waals surface area contributed by atoms with Gasteiger partial charge in [0.15, 0.2) is 0 Å². The lowest BCUT2D eigenvalue weighted by Crippen LogP contribution is -2.52. The molecule has 2 fully saturated rings. The Hall–Kier alpha value is -5.64. The van der Waals surface area contributed by atoms with E-state index in [-0.39, 0.29) is 73.7 Å². The molecule has 1 spiro atoms. The van der Waals surface area contributed by atoms with Crippen LogP contribution in [0.4, 0.5) is 4.79 Å². The molecule has 8 rings (SSSR count). The van der Waals surface area contributed by atoms with Gasteiger partial charge in [-0.2, -0.15) is 0 Å². The standard InChI is InChI=1S/C59H79N3O12/c1-36(2)14-9-16-38(5)18-11-21-57(7)49(64)30-42-47(63)28-40-45(51(42)73-57)33-62(54(40)67)46(55(68)69)20-13-25-61-32-44-41(53(61)66)29-48(72-56(70)60-26-23-59(24-27-60)34-71-35-59)43-31-50(65)58(8,74-52(43)44)22-12-19-39(6)17-10-15-37(3)4/h14-15,18-19,28-29,46,49-50,63-65H,9-13,16-17,20-27,30-35H2,1-8H3,(H,68,69)/b38-18+,39-19+/t46-,49-,50-,57+,58+/m0/s1. The van der Waals surface area contributed by atoms with E-state index < -0.39 is 47.4 Å². The van der Waals surface area contributed by atoms with Gasteiger partial charge < -0.3 is 54.1 Å². The number of piperidine rings is 1. The van der Waals surface area contributed by atoms with Gasteiger partial charge in [0.1, 0.15) is 40.2 Å². The molecule has 2 saturated heterocycles. The largest absolute Gasteiger partial charge is 0.508 e. The molecule has 6 aliphatic heterocycles. The molecule has 6 heterocycles. The zero-order valence-corrected chi connectivity index (χ0v) is 44.9. The van der Waals surface area contributed by atoms with Crippen LogP contribution in [-0.2, 0) is 35.5 Å². The van der Waals surface area contributed by atoms with Crippen molar-refractivity contribution >= 4 is 23.9 Å². The van der Waals surface area contributed by atoms with Crippen LogP contribution in [0.5, 0.6) is 23.0 Å². The predicted octanol–water partition coefficient (Wildman–Crippen LogP) is 9.90. The van der Waals surface area contributed by atoms with Gasteiger partial charge in [0.05, 0.1) is 49.6 Å². The maximum Gasteiger partial charge on any atom is 0.415 e. The van der Waals surface area contributed by atoms with Crippen LogP contribution in [0.15, 0.2) is 58.7 Å². The summed E-state index contributed by atoms with van der Waals surface area (Å²) in [4.78, 5) is 60.0. The number of phenolic OH excluding ortho intramolecular Hbond substituents is 1. The van der Waals surface area contributed by atoms with Crippen molar-refractivity contribution in [2.45, 2.75) is 188 Å². The minimum absolute atomic E-state index is 0.0200. The van der Waals surface area contributed by atoms with Crippen molar-refractivity contribution in [3.8, 4) is 23.0 Å². The van der Waals surface area contributed by atoms with E-state index in [4.69, 9.17) is 18.9 Å². The molecule has 4 N–H and O–H groups in total. The Balaban J connectivity index is 0.967. The van der Waals surface area contributed by atoms with E-state index in [0.717, 1.165) is 38.5 Å². The van der Waals surface area contributed by atoms with Crippen LogP contribution in [0.3, 0.4) is 0 Å². The van der Waals surface area contributed by atoms with Gasteiger partial charge in [0, 0.05) is 60.1 Å². The van der Waals surface area contributed by atoms with Crippen molar-refractivity contribution in [2.24, 2.45) is 5.41 Å². The summed E-state index contributed by atoms with van der Waals surface area (Å²) < 4.78 is 25.0. The molecule has 3 amide bonds. The molecule has 402 valence electrons. The number of likely N-dealkylation sites (tertiary alicyclic amines) is 1. The molecule has 5 atom stereocenters. The maximum absolute atomic E-state index is 14.4. The first-order valence-electron chi connectivity index (χ1n) is 26.9. The number of allylic oxidation sites excluding steroid dienone is 8. The summed E-state index contributed by atoms with van der Waals surface area (Å²) in [7, 11) is 0. The molecule has 0 saturated carbocycles. The number of rotatable bonds is 19. The van der Waals surface area contributed by atoms with Gasteiger partial charge in [0.25, 0.3) is 11.8 Å². The van der Waals surface area contributed by atoms with E-state index >= 15 is 0 Å². The maximum atomic E-state index is 14.4. The molecule has 0 radical (unpaired) electrons. The first kappa shape index (κ1) is 54.6. The highest BCUT2D eigenvalue weighted by molar-refractivity contribution is 6.02. The number of aliphatic carboxylic acids is 1. The Morgan fingerprint density at radius 1 is 0.743 bits per heavy atom. The molecule has 0 aliphatic carbocycles. The van der Waals surface area contributed by atoms with Gasteiger partial charge in [-0.15, -0.1) is 0 Å². The van der Waals surface area contributed by atoms with Gasteiger partial charge in [0.2, 0.25) is 0 Å². The SMILES string of the molecule is CC(C)=CCC/C(C)=C/CC[C@@]1(C)Oc2c(c(O)cc3c2CN([C@@H](CCCN2Cc4c(cc(OC(=O)N5CCC6(CC5)COC6)c5c4O[C@](C)(CC/C=C(\C)CCC=C(C)C)[C@@H](O)C5)C2=O)C(=O)O)C3=O)C[C@@H]1O. The summed E-state index contributed by atoms with van der Waals surface area (Å²) in [6.45, 7) is 18.9. The van der Waals surface area contributed by atoms with E-state index in [9.17, 15) is 39.6 Å². The fraction of sp³-hybridized carbons (Fsp3) is 0.593. The fourth-order valence-corrected chi connectivity index (χ4v) is 11.5. The number of carboxylic acid groups (broad SMARTS) is 1. The number of hydrogen-bond donors (Lipinski definition) is 4. The summed E-state index contributed by atoms with van der Waals surface area (Å²) in [5.74, 6) is -1.37. The van der Waals surface area contributed by atoms with Gasteiger partial charge >= 0.3 is 12.1 Å². The highest BCUT2D eigenvalue weighted by Gasteiger charge is 2.48. The highest BCUT2D eigenvalue weighted by Crippen LogP contribution is 2.49. The first-order chi connectivity index (χ1) is 35.1. The average Bonchev–Trinajstić information content (AvgIpc) is 3.82. The van der Waals surface area contributed by atoms with Crippen LogP contribution in [0.2, 0.25) is 0 Å². The molecule has 2 aromatic rings. The van der Waals surface area contributed by atoms with Crippen LogP contribution in [0, 0.1) is 5.41 Å². The van der Waals surface area contributed by atoms with Crippen LogP contribution in [0.1, 0.15) is 175 Å². The summed E-state index contributed by atoms with van der Waals surface area (Å²) in [6.07, 6.45) is 14.5. The highest BCUT2D eigenvalue weighted by atomic mass is 16.6. The normalized spacial score (nSPS) is 24.3. The quantitative estimate of drug-likeness (QED) is 0.0974. The Labute approximate surface area is 436 Å². The minimum Gasteiger partial charge on any atom is -0.508 e. The second-order valence-electron chi connectivity index (χ2n) is 23.0. The van der Waals surface area contributed by atoms with E-state index in [1.807, 2.05) is 13.8 Å². The Bertz CT molecular complexity index is 2630. The van der Waals surface area contributed by atoms with Crippen molar-refractivity contribution in [3.63, 3.8) is 0 Å². The smallest absolute Gasteiger partial charge is 0.415 e. The third kappa shape index (κ3) is 11.6. The van der Waals surface area contributed by atoms with Crippen LogP contribution < -0.4 is 14.2 Å². The zero-order valence-electron chi connectivity index (χ0n) is 44.9. The van der Waals surface area contributed by atoms with Crippen LogP contribution >= 0.6 is 0 Å². The van der Waals surface area contributed by atoms with Gasteiger partial charge in [-0.25, -0.2) is 9.59 Å². The van der Waals surface area contributed by atoms with Crippen molar-refractivity contribution < 1.29 is 58.6 Å². The van der Waals surface area contributed by atoms with E-state index in [0.29, 0.717) is 91.3 Å². The number of fused-ring (bicyclic) bond motifs is 6. The second kappa shape index (κ2) is 22.3. The van der Waals surface area contributed by atoms with Crippen molar-refractivity contribution in [2.75, 3.05) is 32.8 Å². The predicted molar refractivity (Wildman–Crippen MR) is 281 cm³/mol. The first-order valence-corrected chi connectivity index (χ1v) is 26.9. The third-order valence-corrected chi connectivity index (χ3v) is 16.6. The number of aliphatic hydroxyl groups excluding tert-OH is 2. The average molecular weight is 1020 g/mol. The molecular weight excluding hydrogens is 943 g/mol. The number of ether oxygens (including phenoxy) is 4. The monoisotopic (exact) mass is 1020 g/mol. The number of hydrogen-bond acceptors (Lipinski definition) is 11. The molecule has 6 aliphatic rings. The molecular formula is C59H79N3O12. The fourth-order valence-electron chi connectivity index (χ4n) is 11.5. The number of carboxylic acids is 1. The number of benzene rings is 2. The van der Waals surface area contributed by atoms with Gasteiger partial charge in [-0.05, 0) is 145 Å². The Kier molecular flexibility index (Phi) is 16.5. The minimum atomic E-state index is -1.26. The molecule has 0 unspecified atom stereocenters. The summed E-state index contributed by atoms with van der Waals surface area (Å²) in [5, 5.41) is 44.9. The molecule has 0 bridgehead atoms. The van der Waals surface area contributed by atoms with Crippen LogP contribution in [-0.4, -0.2) is 121 Å². The Morgan fingerprint density at radius 3 is 1.82 bits per heavy atom. The number of amides is 3. The number of nitrogens with zero attached hydrogens (tertiary/aromatic N) is 3. The number of aliphatic hydroxyl groups is 2. The van der Waals surface area contributed by atoms with Crippen molar-refractivity contribution in [1.29, 1.82) is 0 Å². The lowest BCUT2D eigenvalue weighted by atomic mass is 9.77. The Morgan fingerprint density at radius 2 is 1.28 bits per heavy atom. The number of phenols is 1. The van der Waals surface area contributed by atoms with Crippen molar-refractivity contribution in [1.82, 2.24) is 14.7 Å². The van der Waals surface area contributed by atoms with E-state index in [1.165, 1.54) is 33.3 Å². The molecule has 15 nitrogen and oxygen atoms in total. The van der Waals surface area contributed by atoms with E-state index in [2.05, 4.69) is 65.8 Å². The summed E-state index contributed by atoms with van der Waals surface area (Å²) >= 11 is 0. The van der Waals surface area contributed by atoms with Gasteiger partial charge in [-0.3, -0.25) is 9.59 Å². The van der Waals surface area contributed by atoms with Crippen LogP contribution in [0.25, 0.3) is 0 Å². The summed E-state index contributed by atoms with van der Waals surface area (Å²) in [6, 6.07) is 1.68. The summed E-state index contributed by atoms with van der Waals surface area (Å²) in [5.41, 5.74) is 5.58. The number of carbonyl (C=O) groups is 4. The molecule has 2 aromatic carbocycles. The molecule has 74 heavy (non-hydrogen) atoms. The van der Waals surface area contributed by atoms with Gasteiger partial charge in [-0.1, -0.05) is 46.6 Å². The van der Waals surface area contributed by atoms with Crippen molar-refractivity contribution in [3.05, 3.63) is 92.1 Å². The molecule has 0 aromatic heterocycles. The second-order valence-corrected chi connectivity index (χ2v) is 23.0. The number of aromatic hydroxyl groups is 1. The topological polar surface area (TPSA) is 196 Å². The third-order valence-electron chi connectivity index (χ3n) is 16.6. The lowest BCUT2D eigenvalue weighted by molar-refractivity contribution is -0.142. The lowest BCUT2D eigenvalue weighted by Gasteiger charge is -2.46. The molecule has 15 heteroatoms.